The highest BCUT2D eigenvalue weighted by Gasteiger charge is 2.27. The number of nitrogens with one attached hydrogen (secondary N) is 1. The third kappa shape index (κ3) is 5.53. The lowest BCUT2D eigenvalue weighted by Gasteiger charge is -2.24. The second kappa shape index (κ2) is 9.78. The summed E-state index contributed by atoms with van der Waals surface area (Å²) in [6.45, 7) is 1.04. The SMILES string of the molecule is COC(=O)c1ccc(C)c(NC(=O)CN(c2ccc(F)cc2)S(=O)(=O)c2ccc(F)cc2)c1. The number of halogens is 2. The number of rotatable bonds is 7. The van der Waals surface area contributed by atoms with Crippen molar-refractivity contribution in [2.45, 2.75) is 11.8 Å². The van der Waals surface area contributed by atoms with Crippen LogP contribution in [0.5, 0.6) is 0 Å². The fourth-order valence-electron chi connectivity index (χ4n) is 2.98. The van der Waals surface area contributed by atoms with Gasteiger partial charge in [0.15, 0.2) is 0 Å². The van der Waals surface area contributed by atoms with Crippen molar-refractivity contribution in [3.63, 3.8) is 0 Å². The van der Waals surface area contributed by atoms with Crippen LogP contribution >= 0.6 is 0 Å². The predicted molar refractivity (Wildman–Crippen MR) is 118 cm³/mol. The molecule has 0 fully saturated rings. The highest BCUT2D eigenvalue weighted by Crippen LogP contribution is 2.25. The standard InChI is InChI=1S/C23H20F2N2O5S/c1-15-3-4-16(23(29)32-2)13-21(15)26-22(28)14-27(19-9-5-17(24)6-10-19)33(30,31)20-11-7-18(25)8-12-20/h3-13H,14H2,1-2H3,(H,26,28). The molecule has 0 aliphatic heterocycles. The van der Waals surface area contributed by atoms with E-state index >= 15 is 0 Å². The zero-order valence-electron chi connectivity index (χ0n) is 17.7. The summed E-state index contributed by atoms with van der Waals surface area (Å²) in [7, 11) is -3.07. The number of carbonyl (C=O) groups excluding carboxylic acids is 2. The van der Waals surface area contributed by atoms with Crippen molar-refractivity contribution in [3.05, 3.63) is 89.5 Å². The molecule has 0 aliphatic rings. The molecule has 33 heavy (non-hydrogen) atoms. The Morgan fingerprint density at radius 2 is 1.52 bits per heavy atom. The second-order valence-electron chi connectivity index (χ2n) is 7.01. The topological polar surface area (TPSA) is 92.8 Å². The van der Waals surface area contributed by atoms with Gasteiger partial charge < -0.3 is 10.1 Å². The number of amides is 1. The number of esters is 1. The molecule has 0 atom stereocenters. The smallest absolute Gasteiger partial charge is 0.337 e. The van der Waals surface area contributed by atoms with Crippen molar-refractivity contribution in [1.82, 2.24) is 0 Å². The number of sulfonamides is 1. The van der Waals surface area contributed by atoms with Crippen LogP contribution in [0.15, 0.2) is 71.6 Å². The summed E-state index contributed by atoms with van der Waals surface area (Å²) in [6, 6.07) is 13.2. The molecule has 10 heteroatoms. The first-order valence-corrected chi connectivity index (χ1v) is 11.1. The van der Waals surface area contributed by atoms with Crippen molar-refractivity contribution in [1.29, 1.82) is 0 Å². The van der Waals surface area contributed by atoms with Gasteiger partial charge in [-0.1, -0.05) is 6.07 Å². The first-order valence-electron chi connectivity index (χ1n) is 9.64. The maximum atomic E-state index is 13.4. The Balaban J connectivity index is 1.94. The van der Waals surface area contributed by atoms with E-state index in [9.17, 15) is 26.8 Å². The van der Waals surface area contributed by atoms with Crippen LogP contribution in [0.3, 0.4) is 0 Å². The highest BCUT2D eigenvalue weighted by molar-refractivity contribution is 7.92. The van der Waals surface area contributed by atoms with Crippen LogP contribution < -0.4 is 9.62 Å². The molecular formula is C23H20F2N2O5S. The van der Waals surface area contributed by atoms with E-state index in [-0.39, 0.29) is 16.1 Å². The molecule has 7 nitrogen and oxygen atoms in total. The second-order valence-corrected chi connectivity index (χ2v) is 8.87. The molecule has 3 aromatic rings. The molecule has 0 aromatic heterocycles. The molecular weight excluding hydrogens is 454 g/mol. The number of benzene rings is 3. The Labute approximate surface area is 189 Å². The third-order valence-corrected chi connectivity index (χ3v) is 6.52. The van der Waals surface area contributed by atoms with Crippen LogP contribution in [-0.2, 0) is 19.6 Å². The number of hydrogen-bond acceptors (Lipinski definition) is 5. The van der Waals surface area contributed by atoms with E-state index in [4.69, 9.17) is 0 Å². The zero-order chi connectivity index (χ0) is 24.2. The average Bonchev–Trinajstić information content (AvgIpc) is 2.79. The summed E-state index contributed by atoms with van der Waals surface area (Å²) in [5.41, 5.74) is 1.16. The van der Waals surface area contributed by atoms with E-state index in [1.807, 2.05) is 0 Å². The number of ether oxygens (including phenoxy) is 1. The number of aryl methyl sites for hydroxylation is 1. The Morgan fingerprint density at radius 3 is 2.09 bits per heavy atom. The quantitative estimate of drug-likeness (QED) is 0.525. The minimum absolute atomic E-state index is 0.0379. The number of methoxy groups -OCH3 is 1. The molecule has 3 aromatic carbocycles. The van der Waals surface area contributed by atoms with Crippen molar-refractivity contribution >= 4 is 33.3 Å². The normalized spacial score (nSPS) is 11.0. The van der Waals surface area contributed by atoms with Crippen LogP contribution in [0.2, 0.25) is 0 Å². The van der Waals surface area contributed by atoms with Crippen LogP contribution in [-0.4, -0.2) is 33.9 Å². The van der Waals surface area contributed by atoms with Gasteiger partial charge in [-0.25, -0.2) is 22.0 Å². The fourth-order valence-corrected chi connectivity index (χ4v) is 4.40. The van der Waals surface area contributed by atoms with Gasteiger partial charge in [-0.05, 0) is 73.2 Å². The highest BCUT2D eigenvalue weighted by atomic mass is 32.2. The molecule has 1 amide bonds. The molecule has 0 saturated carbocycles. The van der Waals surface area contributed by atoms with E-state index in [1.165, 1.54) is 31.4 Å². The number of hydrogen-bond donors (Lipinski definition) is 1. The molecule has 0 saturated heterocycles. The average molecular weight is 474 g/mol. The molecule has 0 spiro atoms. The maximum Gasteiger partial charge on any atom is 0.337 e. The molecule has 0 radical (unpaired) electrons. The van der Waals surface area contributed by atoms with Gasteiger partial charge in [0.05, 0.1) is 23.3 Å². The fraction of sp³-hybridized carbons (Fsp3) is 0.130. The summed E-state index contributed by atoms with van der Waals surface area (Å²) in [4.78, 5) is 24.4. The maximum absolute atomic E-state index is 13.4. The molecule has 3 rings (SSSR count). The van der Waals surface area contributed by atoms with Crippen LogP contribution in [0.1, 0.15) is 15.9 Å². The van der Waals surface area contributed by atoms with Gasteiger partial charge in [0.25, 0.3) is 10.0 Å². The predicted octanol–water partition coefficient (Wildman–Crippen LogP) is 3.89. The minimum atomic E-state index is -4.30. The first-order chi connectivity index (χ1) is 15.6. The summed E-state index contributed by atoms with van der Waals surface area (Å²) in [6.07, 6.45) is 0. The summed E-state index contributed by atoms with van der Waals surface area (Å²) in [5.74, 6) is -2.52. The Kier molecular flexibility index (Phi) is 7.07. The molecule has 1 N–H and O–H groups in total. The van der Waals surface area contributed by atoms with Gasteiger partial charge in [-0.15, -0.1) is 0 Å². The van der Waals surface area contributed by atoms with Crippen molar-refractivity contribution < 1.29 is 31.5 Å². The Morgan fingerprint density at radius 1 is 0.939 bits per heavy atom. The van der Waals surface area contributed by atoms with Gasteiger partial charge in [-0.3, -0.25) is 9.10 Å². The summed E-state index contributed by atoms with van der Waals surface area (Å²) >= 11 is 0. The van der Waals surface area contributed by atoms with Crippen LogP contribution in [0.25, 0.3) is 0 Å². The van der Waals surface area contributed by atoms with Gasteiger partial charge in [0, 0.05) is 5.69 Å². The number of anilines is 2. The minimum Gasteiger partial charge on any atom is -0.465 e. The van der Waals surface area contributed by atoms with Crippen LogP contribution in [0, 0.1) is 18.6 Å². The number of carbonyl (C=O) groups is 2. The summed E-state index contributed by atoms with van der Waals surface area (Å²) < 4.78 is 58.6. The van der Waals surface area contributed by atoms with Crippen molar-refractivity contribution in [3.8, 4) is 0 Å². The van der Waals surface area contributed by atoms with E-state index in [1.54, 1.807) is 13.0 Å². The lowest BCUT2D eigenvalue weighted by Crippen LogP contribution is -2.38. The van der Waals surface area contributed by atoms with Crippen molar-refractivity contribution in [2.75, 3.05) is 23.3 Å². The Bertz CT molecular complexity index is 1280. The third-order valence-electron chi connectivity index (χ3n) is 4.74. The van der Waals surface area contributed by atoms with Gasteiger partial charge in [0.1, 0.15) is 18.2 Å². The monoisotopic (exact) mass is 474 g/mol. The van der Waals surface area contributed by atoms with E-state index in [2.05, 4.69) is 10.1 Å². The van der Waals surface area contributed by atoms with Gasteiger partial charge in [-0.2, -0.15) is 0 Å². The molecule has 0 bridgehead atoms. The van der Waals surface area contributed by atoms with Gasteiger partial charge >= 0.3 is 5.97 Å². The molecule has 0 unspecified atom stereocenters. The molecule has 172 valence electrons. The summed E-state index contributed by atoms with van der Waals surface area (Å²) in [5, 5.41) is 2.59. The van der Waals surface area contributed by atoms with E-state index in [0.717, 1.165) is 40.7 Å². The lowest BCUT2D eigenvalue weighted by molar-refractivity contribution is -0.114. The van der Waals surface area contributed by atoms with E-state index in [0.29, 0.717) is 11.3 Å². The largest absolute Gasteiger partial charge is 0.465 e. The van der Waals surface area contributed by atoms with Crippen molar-refractivity contribution in [2.24, 2.45) is 0 Å². The number of nitrogens with zero attached hydrogens (tertiary/aromatic N) is 1. The van der Waals surface area contributed by atoms with Crippen LogP contribution in [0.4, 0.5) is 20.2 Å². The Hall–Kier alpha value is -3.79. The van der Waals surface area contributed by atoms with E-state index < -0.39 is 40.1 Å². The molecule has 0 aliphatic carbocycles. The first kappa shape index (κ1) is 23.9. The molecule has 0 heterocycles. The zero-order valence-corrected chi connectivity index (χ0v) is 18.5. The van der Waals surface area contributed by atoms with Gasteiger partial charge in [0.2, 0.25) is 5.91 Å². The lowest BCUT2D eigenvalue weighted by atomic mass is 10.1.